The van der Waals surface area contributed by atoms with Crippen molar-refractivity contribution in [3.63, 3.8) is 0 Å². The molecule has 136 valence electrons. The van der Waals surface area contributed by atoms with Gasteiger partial charge in [0.15, 0.2) is 0 Å². The Morgan fingerprint density at radius 3 is 1.85 bits per heavy atom. The number of hydrogen-bond acceptors (Lipinski definition) is 3. The highest BCUT2D eigenvalue weighted by Crippen LogP contribution is 2.30. The summed E-state index contributed by atoms with van der Waals surface area (Å²) in [5, 5.41) is 20.9. The van der Waals surface area contributed by atoms with E-state index in [-0.39, 0.29) is 5.92 Å². The molecule has 0 spiro atoms. The van der Waals surface area contributed by atoms with E-state index in [4.69, 9.17) is 0 Å². The normalized spacial score (nSPS) is 17.6. The summed E-state index contributed by atoms with van der Waals surface area (Å²) in [6.45, 7) is 1.33. The van der Waals surface area contributed by atoms with Crippen molar-refractivity contribution in [1.29, 1.82) is 5.26 Å². The molecule has 1 saturated carbocycles. The van der Waals surface area contributed by atoms with Crippen LogP contribution in [0.4, 0.5) is 0 Å². The van der Waals surface area contributed by atoms with Crippen molar-refractivity contribution < 1.29 is 5.11 Å². The minimum Gasteiger partial charge on any atom is -0.390 e. The minimum absolute atomic E-state index is 0.238. The van der Waals surface area contributed by atoms with Crippen molar-refractivity contribution in [2.24, 2.45) is 5.92 Å². The molecule has 1 N–H and O–H groups in total. The first-order valence-corrected chi connectivity index (χ1v) is 9.67. The second kappa shape index (κ2) is 9.52. The number of hydrogen-bond donors (Lipinski definition) is 1. The molecule has 0 saturated heterocycles. The number of nitriles is 1. The van der Waals surface area contributed by atoms with E-state index in [1.807, 2.05) is 36.4 Å². The summed E-state index contributed by atoms with van der Waals surface area (Å²) in [5.74, 6) is 0.238. The Hall–Kier alpha value is -2.15. The van der Waals surface area contributed by atoms with Gasteiger partial charge in [0.2, 0.25) is 0 Å². The summed E-state index contributed by atoms with van der Waals surface area (Å²) in [5.41, 5.74) is 2.33. The first-order chi connectivity index (χ1) is 12.8. The van der Waals surface area contributed by atoms with Gasteiger partial charge in [-0.15, -0.1) is 0 Å². The van der Waals surface area contributed by atoms with Crippen LogP contribution in [-0.4, -0.2) is 22.2 Å². The van der Waals surface area contributed by atoms with Crippen molar-refractivity contribution >= 4 is 0 Å². The summed E-state index contributed by atoms with van der Waals surface area (Å²) in [6.07, 6.45) is 5.05. The number of benzene rings is 2. The molecule has 2 aromatic carbocycles. The fourth-order valence-electron chi connectivity index (χ4n) is 4.00. The average molecular weight is 348 g/mol. The zero-order valence-electron chi connectivity index (χ0n) is 15.3. The molecule has 0 bridgehead atoms. The molecule has 0 heterocycles. The largest absolute Gasteiger partial charge is 0.390 e. The third-order valence-corrected chi connectivity index (χ3v) is 5.44. The van der Waals surface area contributed by atoms with Crippen molar-refractivity contribution in [3.8, 4) is 6.07 Å². The van der Waals surface area contributed by atoms with Gasteiger partial charge in [-0.2, -0.15) is 5.26 Å². The van der Waals surface area contributed by atoms with E-state index in [1.54, 1.807) is 0 Å². The molecule has 0 unspecified atom stereocenters. The van der Waals surface area contributed by atoms with Crippen LogP contribution in [0.25, 0.3) is 0 Å². The predicted octanol–water partition coefficient (Wildman–Crippen LogP) is 4.52. The topological polar surface area (TPSA) is 47.3 Å². The minimum atomic E-state index is -0.590. The van der Waals surface area contributed by atoms with Crippen molar-refractivity contribution in [2.75, 3.05) is 0 Å². The predicted molar refractivity (Wildman–Crippen MR) is 104 cm³/mol. The number of nitrogens with zero attached hydrogens (tertiary/aromatic N) is 2. The van der Waals surface area contributed by atoms with Crippen molar-refractivity contribution in [1.82, 2.24) is 4.90 Å². The summed E-state index contributed by atoms with van der Waals surface area (Å²) in [6, 6.07) is 22.4. The van der Waals surface area contributed by atoms with Crippen LogP contribution < -0.4 is 0 Å². The van der Waals surface area contributed by atoms with Gasteiger partial charge in [0.25, 0.3) is 0 Å². The summed E-state index contributed by atoms with van der Waals surface area (Å²) in [4.78, 5) is 2.13. The quantitative estimate of drug-likeness (QED) is 0.800. The van der Waals surface area contributed by atoms with Gasteiger partial charge in [0, 0.05) is 13.1 Å². The van der Waals surface area contributed by atoms with Crippen LogP contribution in [0.15, 0.2) is 60.7 Å². The highest BCUT2D eigenvalue weighted by molar-refractivity contribution is 5.18. The fraction of sp³-hybridized carbons (Fsp3) is 0.435. The molecular formula is C23H28N2O. The van der Waals surface area contributed by atoms with Crippen molar-refractivity contribution in [2.45, 2.75) is 57.3 Å². The summed E-state index contributed by atoms with van der Waals surface area (Å²) >= 11 is 0. The molecule has 1 aliphatic rings. The Morgan fingerprint density at radius 2 is 1.38 bits per heavy atom. The van der Waals surface area contributed by atoms with Crippen LogP contribution >= 0.6 is 0 Å². The van der Waals surface area contributed by atoms with Gasteiger partial charge < -0.3 is 5.11 Å². The molecule has 2 aromatic rings. The Bertz CT molecular complexity index is 648. The molecule has 1 aliphatic carbocycles. The Labute approximate surface area is 156 Å². The van der Waals surface area contributed by atoms with Crippen LogP contribution in [0.3, 0.4) is 0 Å². The summed E-state index contributed by atoms with van der Waals surface area (Å²) < 4.78 is 0. The van der Waals surface area contributed by atoms with E-state index >= 15 is 0 Å². The molecule has 1 fully saturated rings. The van der Waals surface area contributed by atoms with E-state index in [9.17, 15) is 10.4 Å². The lowest BCUT2D eigenvalue weighted by atomic mass is 9.82. The lowest BCUT2D eigenvalue weighted by Crippen LogP contribution is -2.45. The maximum absolute atomic E-state index is 11.0. The highest BCUT2D eigenvalue weighted by atomic mass is 16.3. The number of rotatable bonds is 7. The zero-order chi connectivity index (χ0) is 18.2. The van der Waals surface area contributed by atoms with E-state index in [2.05, 4.69) is 35.2 Å². The molecule has 3 nitrogen and oxygen atoms in total. The van der Waals surface area contributed by atoms with Gasteiger partial charge in [-0.1, -0.05) is 79.9 Å². The number of aliphatic hydroxyl groups excluding tert-OH is 1. The van der Waals surface area contributed by atoms with Gasteiger partial charge in [-0.05, 0) is 29.9 Å². The van der Waals surface area contributed by atoms with Gasteiger partial charge in [-0.25, -0.2) is 0 Å². The van der Waals surface area contributed by atoms with Crippen LogP contribution in [-0.2, 0) is 13.1 Å². The van der Waals surface area contributed by atoms with Gasteiger partial charge in [-0.3, -0.25) is 4.90 Å². The second-order valence-corrected chi connectivity index (χ2v) is 7.34. The third-order valence-electron chi connectivity index (χ3n) is 5.44. The van der Waals surface area contributed by atoms with E-state index < -0.39 is 12.1 Å². The van der Waals surface area contributed by atoms with Crippen LogP contribution in [0.5, 0.6) is 0 Å². The SMILES string of the molecule is N#C[C@H]([C@@H](O)C1CCCCC1)N(Cc1ccccc1)Cc1ccccc1. The molecule has 0 aromatic heterocycles. The molecule has 3 rings (SSSR count). The lowest BCUT2D eigenvalue weighted by molar-refractivity contribution is 0.0142. The van der Waals surface area contributed by atoms with E-state index in [0.29, 0.717) is 13.1 Å². The molecule has 0 amide bonds. The molecular weight excluding hydrogens is 320 g/mol. The van der Waals surface area contributed by atoms with Gasteiger partial charge in [0.1, 0.15) is 6.04 Å². The fourth-order valence-corrected chi connectivity index (χ4v) is 4.00. The highest BCUT2D eigenvalue weighted by Gasteiger charge is 2.33. The van der Waals surface area contributed by atoms with E-state index in [0.717, 1.165) is 25.7 Å². The Morgan fingerprint density at radius 1 is 0.885 bits per heavy atom. The van der Waals surface area contributed by atoms with Crippen LogP contribution in [0.1, 0.15) is 43.2 Å². The molecule has 26 heavy (non-hydrogen) atoms. The maximum atomic E-state index is 11.0. The average Bonchev–Trinajstić information content (AvgIpc) is 2.70. The van der Waals surface area contributed by atoms with Gasteiger partial charge in [0.05, 0.1) is 12.2 Å². The molecule has 3 heteroatoms. The first kappa shape index (κ1) is 18.6. The molecule has 0 aliphatic heterocycles. The Kier molecular flexibility index (Phi) is 6.82. The molecule has 0 radical (unpaired) electrons. The van der Waals surface area contributed by atoms with Crippen LogP contribution in [0, 0.1) is 17.2 Å². The summed E-state index contributed by atoms with van der Waals surface area (Å²) in [7, 11) is 0. The lowest BCUT2D eigenvalue weighted by Gasteiger charge is -2.35. The second-order valence-electron chi connectivity index (χ2n) is 7.34. The van der Waals surface area contributed by atoms with Crippen LogP contribution in [0.2, 0.25) is 0 Å². The van der Waals surface area contributed by atoms with E-state index in [1.165, 1.54) is 17.5 Å². The smallest absolute Gasteiger partial charge is 0.125 e. The first-order valence-electron chi connectivity index (χ1n) is 9.67. The molecule has 2 atom stereocenters. The van der Waals surface area contributed by atoms with Gasteiger partial charge >= 0.3 is 0 Å². The standard InChI is InChI=1S/C23H28N2O/c24-16-22(23(26)21-14-8-3-9-15-21)25(17-19-10-4-1-5-11-19)18-20-12-6-2-7-13-20/h1-2,4-7,10-13,21-23,26H,3,8-9,14-15,17-18H2/t22-,23+/m1/s1. The monoisotopic (exact) mass is 348 g/mol. The maximum Gasteiger partial charge on any atom is 0.125 e. The third kappa shape index (κ3) is 4.94. The van der Waals surface area contributed by atoms with Crippen molar-refractivity contribution in [3.05, 3.63) is 71.8 Å². The Balaban J connectivity index is 1.80. The number of aliphatic hydroxyl groups is 1. The zero-order valence-corrected chi connectivity index (χ0v) is 15.3.